The Morgan fingerprint density at radius 2 is 1.05 bits per heavy atom. The molecule has 2 N–H and O–H groups in total. The van der Waals surface area contributed by atoms with Gasteiger partial charge in [-0.25, -0.2) is 0 Å². The Bertz CT molecular complexity index is 1260. The second-order valence-corrected chi connectivity index (χ2v) is 10.4. The van der Waals surface area contributed by atoms with Crippen molar-refractivity contribution in [1.82, 2.24) is 10.6 Å². The number of carbonyl (C=O) groups is 2. The number of ketones is 2. The van der Waals surface area contributed by atoms with Gasteiger partial charge in [0.15, 0.2) is 0 Å². The van der Waals surface area contributed by atoms with Crippen LogP contribution in [-0.2, 0) is 6.42 Å². The van der Waals surface area contributed by atoms with Gasteiger partial charge in [-0.05, 0) is 29.2 Å². The zero-order valence-corrected chi connectivity index (χ0v) is 24.9. The van der Waals surface area contributed by atoms with E-state index in [0.29, 0.717) is 35.6 Å². The number of nitrogens with one attached hydrogen (secondary N) is 2. The van der Waals surface area contributed by atoms with Crippen molar-refractivity contribution in [2.24, 2.45) is 0 Å². The van der Waals surface area contributed by atoms with Crippen LogP contribution in [0.15, 0.2) is 78.1 Å². The summed E-state index contributed by atoms with van der Waals surface area (Å²) >= 11 is 0. The quantitative estimate of drug-likeness (QED) is 0.178. The van der Waals surface area contributed by atoms with E-state index >= 15 is 0 Å². The van der Waals surface area contributed by atoms with Crippen LogP contribution < -0.4 is 10.6 Å². The van der Waals surface area contributed by atoms with Crippen LogP contribution in [0.5, 0.6) is 0 Å². The molecular formula is C36H48N2O2. The molecule has 3 aromatic rings. The summed E-state index contributed by atoms with van der Waals surface area (Å²) < 4.78 is 0. The summed E-state index contributed by atoms with van der Waals surface area (Å²) in [7, 11) is 0. The molecule has 0 aliphatic heterocycles. The lowest BCUT2D eigenvalue weighted by atomic mass is 9.90. The first-order valence-electron chi connectivity index (χ1n) is 15.6. The highest BCUT2D eigenvalue weighted by Crippen LogP contribution is 2.24. The van der Waals surface area contributed by atoms with Crippen LogP contribution in [0.4, 0.5) is 0 Å². The molecular weight excluding hydrogens is 492 g/mol. The van der Waals surface area contributed by atoms with Gasteiger partial charge in [0.2, 0.25) is 11.6 Å². The Hall–Kier alpha value is -3.40. The number of hydrogen-bond donors (Lipinski definition) is 2. The Morgan fingerprint density at radius 1 is 0.550 bits per heavy atom. The van der Waals surface area contributed by atoms with Gasteiger partial charge in [-0.1, -0.05) is 145 Å². The van der Waals surface area contributed by atoms with Gasteiger partial charge >= 0.3 is 0 Å². The number of carbonyl (C=O) groups excluding carboxylic acids is 2. The molecule has 0 spiro atoms. The summed E-state index contributed by atoms with van der Waals surface area (Å²) in [6, 6.07) is 21.9. The lowest BCUT2D eigenvalue weighted by molar-refractivity contribution is 0.0962. The smallest absolute Gasteiger partial charge is 0.211 e. The Labute approximate surface area is 241 Å². The van der Waals surface area contributed by atoms with Crippen molar-refractivity contribution in [2.75, 3.05) is 13.1 Å². The number of allylic oxidation sites excluding steroid dienone is 2. The van der Waals surface area contributed by atoms with E-state index < -0.39 is 0 Å². The molecule has 0 amide bonds. The molecule has 0 saturated heterocycles. The molecule has 0 fully saturated rings. The first kappa shape index (κ1) is 31.1. The average molecular weight is 541 g/mol. The van der Waals surface area contributed by atoms with Crippen molar-refractivity contribution in [3.63, 3.8) is 0 Å². The van der Waals surface area contributed by atoms with Crippen LogP contribution in [0.25, 0.3) is 10.8 Å². The van der Waals surface area contributed by atoms with Crippen LogP contribution in [-0.4, -0.2) is 24.7 Å². The lowest BCUT2D eigenvalue weighted by Crippen LogP contribution is -2.37. The fourth-order valence-corrected chi connectivity index (χ4v) is 5.26. The number of fused-ring (bicyclic) bond motifs is 2. The number of Topliss-reactive ketones (excluding diaryl/α,β-unsaturated/α-hetero) is 2. The molecule has 0 unspecified atom stereocenters. The molecule has 0 saturated carbocycles. The highest BCUT2D eigenvalue weighted by molar-refractivity contribution is 6.26. The molecule has 0 heterocycles. The van der Waals surface area contributed by atoms with Gasteiger partial charge in [-0.15, -0.1) is 0 Å². The zero-order valence-electron chi connectivity index (χ0n) is 24.9. The van der Waals surface area contributed by atoms with E-state index in [1.165, 1.54) is 67.7 Å². The van der Waals surface area contributed by atoms with E-state index in [9.17, 15) is 9.59 Å². The van der Waals surface area contributed by atoms with Gasteiger partial charge in [-0.2, -0.15) is 0 Å². The molecule has 40 heavy (non-hydrogen) atoms. The largest absolute Gasteiger partial charge is 0.380 e. The highest BCUT2D eigenvalue weighted by Gasteiger charge is 2.31. The third kappa shape index (κ3) is 8.81. The van der Waals surface area contributed by atoms with Gasteiger partial charge in [0.1, 0.15) is 11.4 Å². The first-order chi connectivity index (χ1) is 19.7. The van der Waals surface area contributed by atoms with E-state index in [0.717, 1.165) is 19.3 Å². The monoisotopic (exact) mass is 540 g/mol. The third-order valence-corrected chi connectivity index (χ3v) is 7.48. The van der Waals surface area contributed by atoms with Crippen molar-refractivity contribution in [3.8, 4) is 0 Å². The summed E-state index contributed by atoms with van der Waals surface area (Å²) in [6.07, 6.45) is 13.4. The fourth-order valence-electron chi connectivity index (χ4n) is 5.26. The maximum absolute atomic E-state index is 13.4. The van der Waals surface area contributed by atoms with Crippen molar-refractivity contribution >= 4 is 22.3 Å². The lowest BCUT2D eigenvalue weighted by Gasteiger charge is -2.23. The van der Waals surface area contributed by atoms with Gasteiger partial charge in [0, 0.05) is 24.2 Å². The molecule has 4 rings (SSSR count). The Kier molecular flexibility index (Phi) is 13.5. The van der Waals surface area contributed by atoms with Gasteiger partial charge in [-0.3, -0.25) is 9.59 Å². The molecule has 3 aromatic carbocycles. The summed E-state index contributed by atoms with van der Waals surface area (Å²) in [6.45, 7) is 7.53. The fraction of sp³-hybridized carbons (Fsp3) is 0.444. The highest BCUT2D eigenvalue weighted by atomic mass is 16.1. The topological polar surface area (TPSA) is 58.2 Å². The normalized spacial score (nSPS) is 12.7. The molecule has 214 valence electrons. The second kappa shape index (κ2) is 17.3. The van der Waals surface area contributed by atoms with E-state index in [1.54, 1.807) is 12.1 Å². The summed E-state index contributed by atoms with van der Waals surface area (Å²) in [5, 5.41) is 9.09. The predicted molar refractivity (Wildman–Crippen MR) is 169 cm³/mol. The Balaban J connectivity index is 0.00000216. The summed E-state index contributed by atoms with van der Waals surface area (Å²) in [5.41, 5.74) is 3.00. The molecule has 0 aromatic heterocycles. The number of rotatable bonds is 16. The van der Waals surface area contributed by atoms with Crippen molar-refractivity contribution in [1.29, 1.82) is 0 Å². The van der Waals surface area contributed by atoms with Crippen molar-refractivity contribution in [2.45, 2.75) is 91.4 Å². The van der Waals surface area contributed by atoms with Crippen LogP contribution in [0, 0.1) is 0 Å². The number of hydrogen-bond acceptors (Lipinski definition) is 4. The summed E-state index contributed by atoms with van der Waals surface area (Å²) in [5.74, 6) is -0.204. The van der Waals surface area contributed by atoms with Gasteiger partial charge < -0.3 is 10.6 Å². The molecule has 0 bridgehead atoms. The second-order valence-electron chi connectivity index (χ2n) is 10.4. The van der Waals surface area contributed by atoms with Crippen LogP contribution in [0.3, 0.4) is 0 Å². The van der Waals surface area contributed by atoms with Crippen LogP contribution >= 0.6 is 0 Å². The minimum atomic E-state index is -0.107. The van der Waals surface area contributed by atoms with E-state index in [1.807, 2.05) is 38.1 Å². The first-order valence-corrected chi connectivity index (χ1v) is 15.6. The van der Waals surface area contributed by atoms with Gasteiger partial charge in [0.05, 0.1) is 0 Å². The summed E-state index contributed by atoms with van der Waals surface area (Å²) in [4.78, 5) is 26.7. The molecule has 0 atom stereocenters. The minimum Gasteiger partial charge on any atom is -0.380 e. The van der Waals surface area contributed by atoms with Crippen molar-refractivity contribution in [3.05, 3.63) is 94.8 Å². The Morgan fingerprint density at radius 3 is 1.65 bits per heavy atom. The van der Waals surface area contributed by atoms with Crippen LogP contribution in [0.2, 0.25) is 0 Å². The molecule has 1 aliphatic carbocycles. The molecule has 0 radical (unpaired) electrons. The molecule has 1 aliphatic rings. The number of unbranched alkanes of at least 4 members (excludes halogenated alkanes) is 9. The third-order valence-electron chi connectivity index (χ3n) is 7.48. The van der Waals surface area contributed by atoms with Crippen LogP contribution in [0.1, 0.15) is 111 Å². The van der Waals surface area contributed by atoms with E-state index in [4.69, 9.17) is 0 Å². The SMILES string of the molecule is CC.CCCCCCCCCCCCNC1=C(NCCc2ccc3ccccc3c2)C(=O)c2ccccc2C1=O. The van der Waals surface area contributed by atoms with Gasteiger partial charge in [0.25, 0.3) is 0 Å². The van der Waals surface area contributed by atoms with E-state index in [-0.39, 0.29) is 11.6 Å². The maximum atomic E-state index is 13.4. The molecule has 4 heteroatoms. The number of benzene rings is 3. The predicted octanol–water partition coefficient (Wildman–Crippen LogP) is 8.80. The molecule has 4 nitrogen and oxygen atoms in total. The van der Waals surface area contributed by atoms with Crippen molar-refractivity contribution < 1.29 is 9.59 Å². The average Bonchev–Trinajstić information content (AvgIpc) is 3.00. The standard InChI is InChI=1S/C34H42N2O2.C2H6/c1-2-3-4-5-6-7-8-9-10-15-23-35-31-32(34(38)30-19-14-13-18-29(30)33(31)37)36-24-22-26-20-21-27-16-11-12-17-28(27)25-26;1-2/h11-14,16-21,25,35-36H,2-10,15,22-24H2,1H3;1-2H3. The zero-order chi connectivity index (χ0) is 28.6. The maximum Gasteiger partial charge on any atom is 0.211 e. The minimum absolute atomic E-state index is 0.0968. The van der Waals surface area contributed by atoms with E-state index in [2.05, 4.69) is 47.9 Å².